The number of ether oxygens (including phenoxy) is 2. The lowest BCUT2D eigenvalue weighted by Gasteiger charge is -2.11. The van der Waals surface area contributed by atoms with Crippen LogP contribution >= 0.6 is 0 Å². The zero-order valence-corrected chi connectivity index (χ0v) is 11.1. The quantitative estimate of drug-likeness (QED) is 0.780. The summed E-state index contributed by atoms with van der Waals surface area (Å²) < 4.78 is 10.5. The molecule has 1 fully saturated rings. The third-order valence-corrected chi connectivity index (χ3v) is 2.99. The summed E-state index contributed by atoms with van der Waals surface area (Å²) in [6.45, 7) is 0.985. The first kappa shape index (κ1) is 13.8. The van der Waals surface area contributed by atoms with E-state index in [1.807, 2.05) is 12.1 Å². The molecule has 1 unspecified atom stereocenters. The molecule has 1 aromatic rings. The molecule has 0 bridgehead atoms. The van der Waals surface area contributed by atoms with Crippen molar-refractivity contribution in [1.29, 1.82) is 0 Å². The van der Waals surface area contributed by atoms with Crippen LogP contribution in [0.4, 0.5) is 5.69 Å². The molecule has 104 valence electrons. The number of nitrogens with two attached hydrogens (primary N) is 1. The van der Waals surface area contributed by atoms with Gasteiger partial charge in [0, 0.05) is 12.8 Å². The Hall–Kier alpha value is -1.59. The molecule has 0 spiro atoms. The van der Waals surface area contributed by atoms with E-state index in [4.69, 9.17) is 15.2 Å². The predicted octanol–water partition coefficient (Wildman–Crippen LogP) is 1.39. The Kier molecular flexibility index (Phi) is 4.76. The lowest BCUT2D eigenvalue weighted by atomic mass is 10.2. The van der Waals surface area contributed by atoms with E-state index in [1.165, 1.54) is 20.0 Å². The molecule has 1 saturated carbocycles. The molecule has 1 atom stereocenters. The number of hydrogen-bond donors (Lipinski definition) is 2. The highest BCUT2D eigenvalue weighted by atomic mass is 16.5. The van der Waals surface area contributed by atoms with Gasteiger partial charge in [-0.1, -0.05) is 0 Å². The second-order valence-corrected chi connectivity index (χ2v) is 4.83. The number of methoxy groups -OCH3 is 1. The molecular weight excluding hydrogens is 244 g/mol. The van der Waals surface area contributed by atoms with Crippen LogP contribution in [-0.4, -0.2) is 32.3 Å². The van der Waals surface area contributed by atoms with Crippen LogP contribution in [0.2, 0.25) is 0 Å². The average molecular weight is 264 g/mol. The van der Waals surface area contributed by atoms with Crippen LogP contribution in [0.5, 0.6) is 5.75 Å². The van der Waals surface area contributed by atoms with Gasteiger partial charge in [0.15, 0.2) is 0 Å². The van der Waals surface area contributed by atoms with E-state index in [0.717, 1.165) is 18.3 Å². The molecule has 0 aromatic heterocycles. The first-order valence-electron chi connectivity index (χ1n) is 6.47. The van der Waals surface area contributed by atoms with Gasteiger partial charge < -0.3 is 20.5 Å². The second-order valence-electron chi connectivity index (χ2n) is 4.83. The summed E-state index contributed by atoms with van der Waals surface area (Å²) in [7, 11) is 1.51. The molecule has 1 aliphatic rings. The number of nitrogens with one attached hydrogen (secondary N) is 1. The molecule has 1 amide bonds. The Morgan fingerprint density at radius 3 is 2.68 bits per heavy atom. The van der Waals surface area contributed by atoms with Gasteiger partial charge in [-0.25, -0.2) is 0 Å². The van der Waals surface area contributed by atoms with Gasteiger partial charge >= 0.3 is 0 Å². The largest absolute Gasteiger partial charge is 0.493 e. The fourth-order valence-electron chi connectivity index (χ4n) is 1.62. The lowest BCUT2D eigenvalue weighted by molar-refractivity contribution is -0.118. The smallest absolute Gasteiger partial charge is 0.243 e. The second kappa shape index (κ2) is 6.54. The van der Waals surface area contributed by atoms with Crippen molar-refractivity contribution in [2.75, 3.05) is 25.6 Å². The molecule has 1 aliphatic carbocycles. The van der Waals surface area contributed by atoms with Gasteiger partial charge in [0.25, 0.3) is 0 Å². The molecule has 5 heteroatoms. The van der Waals surface area contributed by atoms with Crippen molar-refractivity contribution in [3.05, 3.63) is 24.3 Å². The average Bonchev–Trinajstić information content (AvgIpc) is 3.22. The number of benzene rings is 1. The molecule has 19 heavy (non-hydrogen) atoms. The minimum atomic E-state index is -0.657. The van der Waals surface area contributed by atoms with Crippen molar-refractivity contribution < 1.29 is 14.3 Å². The molecule has 0 saturated heterocycles. The summed E-state index contributed by atoms with van der Waals surface area (Å²) in [5.74, 6) is 1.30. The maximum atomic E-state index is 11.7. The standard InChI is InChI=1S/C14H20N2O3/c1-18-9-13(15)14(17)16-11-4-6-12(7-5-11)19-8-10-2-3-10/h4-7,10,13H,2-3,8-9,15H2,1H3,(H,16,17). The van der Waals surface area contributed by atoms with Crippen molar-refractivity contribution in [2.24, 2.45) is 11.7 Å². The van der Waals surface area contributed by atoms with Crippen molar-refractivity contribution in [1.82, 2.24) is 0 Å². The van der Waals surface area contributed by atoms with E-state index < -0.39 is 6.04 Å². The zero-order valence-electron chi connectivity index (χ0n) is 11.1. The van der Waals surface area contributed by atoms with Crippen LogP contribution in [0, 0.1) is 5.92 Å². The first-order chi connectivity index (χ1) is 9.19. The molecule has 1 aromatic carbocycles. The highest BCUT2D eigenvalue weighted by Gasteiger charge is 2.21. The minimum absolute atomic E-state index is 0.203. The van der Waals surface area contributed by atoms with Crippen LogP contribution < -0.4 is 15.8 Å². The summed E-state index contributed by atoms with van der Waals surface area (Å²) in [5.41, 5.74) is 6.34. The Balaban J connectivity index is 1.81. The number of carbonyl (C=O) groups excluding carboxylic acids is 1. The predicted molar refractivity (Wildman–Crippen MR) is 73.1 cm³/mol. The molecule has 0 radical (unpaired) electrons. The maximum Gasteiger partial charge on any atom is 0.243 e. The maximum absolute atomic E-state index is 11.7. The fraction of sp³-hybridized carbons (Fsp3) is 0.500. The van der Waals surface area contributed by atoms with Crippen molar-refractivity contribution in [3.63, 3.8) is 0 Å². The molecule has 3 N–H and O–H groups in total. The van der Waals surface area contributed by atoms with Crippen LogP contribution in [0.1, 0.15) is 12.8 Å². The Bertz CT molecular complexity index is 415. The summed E-state index contributed by atoms with van der Waals surface area (Å²) in [5, 5.41) is 2.73. The summed E-state index contributed by atoms with van der Waals surface area (Å²) in [6.07, 6.45) is 2.54. The Morgan fingerprint density at radius 2 is 2.11 bits per heavy atom. The van der Waals surface area contributed by atoms with Crippen LogP contribution in [0.3, 0.4) is 0 Å². The van der Waals surface area contributed by atoms with E-state index in [-0.39, 0.29) is 12.5 Å². The van der Waals surface area contributed by atoms with Gasteiger partial charge in [-0.05, 0) is 43.0 Å². The van der Waals surface area contributed by atoms with Crippen molar-refractivity contribution >= 4 is 11.6 Å². The number of carbonyl (C=O) groups is 1. The molecule has 0 heterocycles. The van der Waals surface area contributed by atoms with Crippen LogP contribution in [0.25, 0.3) is 0 Å². The van der Waals surface area contributed by atoms with Gasteiger partial charge in [-0.2, -0.15) is 0 Å². The van der Waals surface area contributed by atoms with E-state index >= 15 is 0 Å². The van der Waals surface area contributed by atoms with Gasteiger partial charge in [0.2, 0.25) is 5.91 Å². The molecule has 0 aliphatic heterocycles. The van der Waals surface area contributed by atoms with Crippen molar-refractivity contribution in [3.8, 4) is 5.75 Å². The number of rotatable bonds is 7. The van der Waals surface area contributed by atoms with Gasteiger partial charge in [0.05, 0.1) is 13.2 Å². The van der Waals surface area contributed by atoms with Crippen molar-refractivity contribution in [2.45, 2.75) is 18.9 Å². The lowest BCUT2D eigenvalue weighted by Crippen LogP contribution is -2.39. The SMILES string of the molecule is COCC(N)C(=O)Nc1ccc(OCC2CC2)cc1. The Labute approximate surface area is 113 Å². The number of hydrogen-bond acceptors (Lipinski definition) is 4. The van der Waals surface area contributed by atoms with Gasteiger partial charge in [0.1, 0.15) is 11.8 Å². The molecule has 5 nitrogen and oxygen atoms in total. The van der Waals surface area contributed by atoms with E-state index in [2.05, 4.69) is 5.32 Å². The fourth-order valence-corrected chi connectivity index (χ4v) is 1.62. The summed E-state index contributed by atoms with van der Waals surface area (Å²) in [6, 6.07) is 6.65. The third kappa shape index (κ3) is 4.54. The van der Waals surface area contributed by atoms with Gasteiger partial charge in [-0.3, -0.25) is 4.79 Å². The zero-order chi connectivity index (χ0) is 13.7. The third-order valence-electron chi connectivity index (χ3n) is 2.99. The van der Waals surface area contributed by atoms with Crippen LogP contribution in [0.15, 0.2) is 24.3 Å². The Morgan fingerprint density at radius 1 is 1.42 bits per heavy atom. The first-order valence-corrected chi connectivity index (χ1v) is 6.47. The van der Waals surface area contributed by atoms with E-state index in [9.17, 15) is 4.79 Å². The summed E-state index contributed by atoms with van der Waals surface area (Å²) >= 11 is 0. The highest BCUT2D eigenvalue weighted by molar-refractivity contribution is 5.94. The number of anilines is 1. The monoisotopic (exact) mass is 264 g/mol. The van der Waals surface area contributed by atoms with E-state index in [1.54, 1.807) is 12.1 Å². The highest BCUT2D eigenvalue weighted by Crippen LogP contribution is 2.29. The summed E-state index contributed by atoms with van der Waals surface area (Å²) in [4.78, 5) is 11.7. The van der Waals surface area contributed by atoms with Gasteiger partial charge in [-0.15, -0.1) is 0 Å². The molecular formula is C14H20N2O3. The minimum Gasteiger partial charge on any atom is -0.493 e. The number of amides is 1. The normalized spacial score (nSPS) is 15.9. The molecule has 2 rings (SSSR count). The van der Waals surface area contributed by atoms with E-state index in [0.29, 0.717) is 5.69 Å². The topological polar surface area (TPSA) is 73.6 Å². The van der Waals surface area contributed by atoms with Crippen LogP contribution in [-0.2, 0) is 9.53 Å².